The minimum Gasteiger partial charge on any atom is -0.476 e. The van der Waals surface area contributed by atoms with Gasteiger partial charge >= 0.3 is 5.82 Å². The number of aromatic nitrogens is 1. The Morgan fingerprint density at radius 3 is 2.95 bits per heavy atom. The molecule has 0 aliphatic rings. The van der Waals surface area contributed by atoms with Gasteiger partial charge in [0, 0.05) is 10.6 Å². The predicted octanol–water partition coefficient (Wildman–Crippen LogP) is 2.73. The summed E-state index contributed by atoms with van der Waals surface area (Å²) in [7, 11) is 0. The highest BCUT2D eigenvalue weighted by molar-refractivity contribution is 7.98. The van der Waals surface area contributed by atoms with Gasteiger partial charge < -0.3 is 20.2 Å². The van der Waals surface area contributed by atoms with Crippen LogP contribution < -0.4 is 10.1 Å². The molecule has 2 rings (SSSR count). The molecule has 1 N–H and O–H groups in total. The van der Waals surface area contributed by atoms with Gasteiger partial charge in [0.2, 0.25) is 5.75 Å². The molecule has 1 aromatic carbocycles. The lowest BCUT2D eigenvalue weighted by atomic mass is 10.3. The number of hydrogen-bond acceptors (Lipinski definition) is 6. The first kappa shape index (κ1) is 15.8. The van der Waals surface area contributed by atoms with Crippen LogP contribution in [0.25, 0.3) is 0 Å². The molecule has 0 fully saturated rings. The van der Waals surface area contributed by atoms with Crippen molar-refractivity contribution in [3.63, 3.8) is 0 Å². The summed E-state index contributed by atoms with van der Waals surface area (Å²) in [5.74, 6) is -0.864. The number of carbonyl (C=O) groups is 1. The maximum atomic E-state index is 11.8. The molecule has 114 valence electrons. The average Bonchev–Trinajstić information content (AvgIpc) is 2.53. The Kier molecular flexibility index (Phi) is 5.31. The normalized spacial score (nSPS) is 10.0. The third-order valence-corrected chi connectivity index (χ3v) is 3.36. The third-order valence-electron chi connectivity index (χ3n) is 2.64. The van der Waals surface area contributed by atoms with Gasteiger partial charge in [-0.3, -0.25) is 4.79 Å². The lowest BCUT2D eigenvalue weighted by Gasteiger charge is -2.08. The van der Waals surface area contributed by atoms with Crippen molar-refractivity contribution < 1.29 is 14.5 Å². The van der Waals surface area contributed by atoms with Crippen LogP contribution >= 0.6 is 11.8 Å². The lowest BCUT2D eigenvalue weighted by Crippen LogP contribution is -2.20. The van der Waals surface area contributed by atoms with Crippen molar-refractivity contribution in [1.82, 2.24) is 4.98 Å². The summed E-state index contributed by atoms with van der Waals surface area (Å²) < 4.78 is 5.17. The number of amides is 1. The SMILES string of the molecule is CSc1cccc(NC(=O)COc2cccnc2[N+](=O)[O-])c1. The largest absolute Gasteiger partial charge is 0.476 e. The summed E-state index contributed by atoms with van der Waals surface area (Å²) in [6.45, 7) is -0.337. The third kappa shape index (κ3) is 4.19. The van der Waals surface area contributed by atoms with Crippen LogP contribution in [-0.4, -0.2) is 28.7 Å². The molecule has 0 aliphatic heterocycles. The molecule has 0 bridgehead atoms. The van der Waals surface area contributed by atoms with Crippen molar-refractivity contribution in [2.45, 2.75) is 4.90 Å². The zero-order valence-corrected chi connectivity index (χ0v) is 12.5. The maximum Gasteiger partial charge on any atom is 0.406 e. The molecule has 1 amide bonds. The van der Waals surface area contributed by atoms with Crippen LogP contribution in [0.4, 0.5) is 11.5 Å². The van der Waals surface area contributed by atoms with Crippen molar-refractivity contribution in [2.24, 2.45) is 0 Å². The van der Waals surface area contributed by atoms with Crippen molar-refractivity contribution in [3.05, 3.63) is 52.7 Å². The average molecular weight is 319 g/mol. The fourth-order valence-corrected chi connectivity index (χ4v) is 2.13. The van der Waals surface area contributed by atoms with Crippen LogP contribution in [0.15, 0.2) is 47.5 Å². The summed E-state index contributed by atoms with van der Waals surface area (Å²) >= 11 is 1.56. The van der Waals surface area contributed by atoms with E-state index in [0.717, 1.165) is 4.90 Å². The van der Waals surface area contributed by atoms with Crippen molar-refractivity contribution in [2.75, 3.05) is 18.2 Å². The van der Waals surface area contributed by atoms with Crippen LogP contribution in [-0.2, 0) is 4.79 Å². The Morgan fingerprint density at radius 2 is 2.23 bits per heavy atom. The van der Waals surface area contributed by atoms with Crippen LogP contribution in [0.3, 0.4) is 0 Å². The molecular weight excluding hydrogens is 306 g/mol. The number of rotatable bonds is 6. The minimum absolute atomic E-state index is 0.0412. The summed E-state index contributed by atoms with van der Waals surface area (Å²) in [6.07, 6.45) is 3.23. The topological polar surface area (TPSA) is 94.4 Å². The van der Waals surface area contributed by atoms with Crippen molar-refractivity contribution in [1.29, 1.82) is 0 Å². The van der Waals surface area contributed by atoms with Gasteiger partial charge in [0.1, 0.15) is 6.20 Å². The van der Waals surface area contributed by atoms with Gasteiger partial charge in [0.25, 0.3) is 5.91 Å². The number of ether oxygens (including phenoxy) is 1. The van der Waals surface area contributed by atoms with Gasteiger partial charge in [-0.15, -0.1) is 11.8 Å². The molecule has 0 saturated heterocycles. The summed E-state index contributed by atoms with van der Waals surface area (Å²) in [5.41, 5.74) is 0.640. The second-order valence-electron chi connectivity index (χ2n) is 4.15. The molecule has 8 heteroatoms. The molecule has 0 atom stereocenters. The Balaban J connectivity index is 1.97. The van der Waals surface area contributed by atoms with E-state index in [1.807, 2.05) is 24.5 Å². The number of nitrogens with one attached hydrogen (secondary N) is 1. The fourth-order valence-electron chi connectivity index (χ4n) is 1.67. The number of hydrogen-bond donors (Lipinski definition) is 1. The Morgan fingerprint density at radius 1 is 1.41 bits per heavy atom. The Labute approximate surface area is 130 Å². The molecule has 0 radical (unpaired) electrons. The van der Waals surface area contributed by atoms with Crippen LogP contribution in [0.2, 0.25) is 0 Å². The molecule has 7 nitrogen and oxygen atoms in total. The number of thioether (sulfide) groups is 1. The summed E-state index contributed by atoms with van der Waals surface area (Å²) in [4.78, 5) is 26.6. The first-order valence-corrected chi connectivity index (χ1v) is 7.48. The molecule has 1 heterocycles. The summed E-state index contributed by atoms with van der Waals surface area (Å²) in [6, 6.07) is 10.2. The summed E-state index contributed by atoms with van der Waals surface area (Å²) in [5, 5.41) is 13.5. The smallest absolute Gasteiger partial charge is 0.406 e. The van der Waals surface area contributed by atoms with E-state index in [9.17, 15) is 14.9 Å². The van der Waals surface area contributed by atoms with E-state index in [-0.39, 0.29) is 12.4 Å². The first-order chi connectivity index (χ1) is 10.6. The number of carbonyl (C=O) groups excluding carboxylic acids is 1. The molecular formula is C14H13N3O4S. The maximum absolute atomic E-state index is 11.8. The molecule has 0 saturated carbocycles. The van der Waals surface area contributed by atoms with Gasteiger partial charge in [0.15, 0.2) is 6.61 Å². The van der Waals surface area contributed by atoms with Gasteiger partial charge in [-0.25, -0.2) is 0 Å². The van der Waals surface area contributed by atoms with E-state index in [0.29, 0.717) is 5.69 Å². The molecule has 2 aromatic rings. The van der Waals surface area contributed by atoms with Gasteiger partial charge in [-0.05, 0) is 46.5 Å². The van der Waals surface area contributed by atoms with Gasteiger partial charge in [-0.2, -0.15) is 0 Å². The van der Waals surface area contributed by atoms with Gasteiger partial charge in [-0.1, -0.05) is 6.07 Å². The Bertz CT molecular complexity index is 693. The number of pyridine rings is 1. The van der Waals surface area contributed by atoms with E-state index >= 15 is 0 Å². The minimum atomic E-state index is -0.658. The highest BCUT2D eigenvalue weighted by Gasteiger charge is 2.16. The van der Waals surface area contributed by atoms with E-state index in [4.69, 9.17) is 4.74 Å². The number of benzene rings is 1. The van der Waals surface area contributed by atoms with Gasteiger partial charge in [0.05, 0.1) is 0 Å². The van der Waals surface area contributed by atoms with Crippen LogP contribution in [0, 0.1) is 10.1 Å². The van der Waals surface area contributed by atoms with E-state index in [2.05, 4.69) is 10.3 Å². The standard InChI is InChI=1S/C14H13N3O4S/c1-22-11-5-2-4-10(8-11)16-13(18)9-21-12-6-3-7-15-14(12)17(19)20/h2-8H,9H2,1H3,(H,16,18). The van der Waals surface area contributed by atoms with Crippen LogP contribution in [0.5, 0.6) is 5.75 Å². The van der Waals surface area contributed by atoms with E-state index < -0.39 is 16.6 Å². The molecule has 1 aromatic heterocycles. The van der Waals surface area contributed by atoms with E-state index in [1.165, 1.54) is 18.3 Å². The molecule has 22 heavy (non-hydrogen) atoms. The second kappa shape index (κ2) is 7.41. The van der Waals surface area contributed by atoms with Crippen molar-refractivity contribution >= 4 is 29.2 Å². The zero-order valence-electron chi connectivity index (χ0n) is 11.7. The quantitative estimate of drug-likeness (QED) is 0.500. The molecule has 0 spiro atoms. The zero-order chi connectivity index (χ0) is 15.9. The Hall–Kier alpha value is -2.61. The second-order valence-corrected chi connectivity index (χ2v) is 5.03. The van der Waals surface area contributed by atoms with Crippen molar-refractivity contribution in [3.8, 4) is 5.75 Å². The number of nitro groups is 1. The predicted molar refractivity (Wildman–Crippen MR) is 83.2 cm³/mol. The molecule has 0 aliphatic carbocycles. The highest BCUT2D eigenvalue weighted by Crippen LogP contribution is 2.23. The highest BCUT2D eigenvalue weighted by atomic mass is 32.2. The number of anilines is 1. The van der Waals surface area contributed by atoms with E-state index in [1.54, 1.807) is 17.8 Å². The monoisotopic (exact) mass is 319 g/mol. The fraction of sp³-hybridized carbons (Fsp3) is 0.143. The first-order valence-electron chi connectivity index (χ1n) is 6.26. The number of nitrogens with zero attached hydrogens (tertiary/aromatic N) is 2. The van der Waals surface area contributed by atoms with Crippen LogP contribution in [0.1, 0.15) is 0 Å². The lowest BCUT2D eigenvalue weighted by molar-refractivity contribution is -0.390. The molecule has 0 unspecified atom stereocenters.